The van der Waals surface area contributed by atoms with Crippen molar-refractivity contribution in [1.29, 1.82) is 0 Å². The Kier molecular flexibility index (Phi) is 5.53. The van der Waals surface area contributed by atoms with Crippen molar-refractivity contribution < 1.29 is 18.1 Å². The minimum atomic E-state index is -4.00. The lowest BCUT2D eigenvalue weighted by Gasteiger charge is -2.10. The van der Waals surface area contributed by atoms with Gasteiger partial charge in [0.05, 0.1) is 4.92 Å². The predicted octanol–water partition coefficient (Wildman–Crippen LogP) is 2.57. The van der Waals surface area contributed by atoms with E-state index in [0.29, 0.717) is 11.3 Å². The van der Waals surface area contributed by atoms with Crippen molar-refractivity contribution >= 4 is 15.7 Å². The monoisotopic (exact) mass is 350 g/mol. The first-order chi connectivity index (χ1) is 11.3. The summed E-state index contributed by atoms with van der Waals surface area (Å²) < 4.78 is 32.5. The Hall–Kier alpha value is -2.45. The van der Waals surface area contributed by atoms with Gasteiger partial charge in [0.2, 0.25) is 10.0 Å². The Labute approximate surface area is 140 Å². The first-order valence-corrected chi connectivity index (χ1v) is 8.73. The van der Waals surface area contributed by atoms with Crippen molar-refractivity contribution in [2.75, 3.05) is 13.2 Å². The first-order valence-electron chi connectivity index (χ1n) is 7.24. The van der Waals surface area contributed by atoms with Crippen LogP contribution in [0.4, 0.5) is 5.69 Å². The molecule has 2 aromatic carbocycles. The third-order valence-corrected chi connectivity index (χ3v) is 4.99. The van der Waals surface area contributed by atoms with Gasteiger partial charge in [0, 0.05) is 12.6 Å². The van der Waals surface area contributed by atoms with E-state index in [0.717, 1.165) is 5.56 Å². The van der Waals surface area contributed by atoms with Crippen LogP contribution in [0, 0.1) is 24.0 Å². The minimum absolute atomic E-state index is 0.00168. The second kappa shape index (κ2) is 7.41. The van der Waals surface area contributed by atoms with Crippen LogP contribution in [-0.4, -0.2) is 26.5 Å². The quantitative estimate of drug-likeness (QED) is 0.470. The molecule has 0 fully saturated rings. The third kappa shape index (κ3) is 4.30. The van der Waals surface area contributed by atoms with Crippen LogP contribution < -0.4 is 9.46 Å². The summed E-state index contributed by atoms with van der Waals surface area (Å²) in [5, 5.41) is 11.1. The van der Waals surface area contributed by atoms with Crippen molar-refractivity contribution in [1.82, 2.24) is 4.72 Å². The number of ether oxygens (including phenoxy) is 1. The van der Waals surface area contributed by atoms with Crippen molar-refractivity contribution in [2.45, 2.75) is 18.7 Å². The maximum Gasteiger partial charge on any atom is 0.289 e. The smallest absolute Gasteiger partial charge is 0.289 e. The number of benzene rings is 2. The minimum Gasteiger partial charge on any atom is -0.492 e. The zero-order chi connectivity index (χ0) is 17.7. The highest BCUT2D eigenvalue weighted by Gasteiger charge is 2.27. The summed E-state index contributed by atoms with van der Waals surface area (Å²) in [6, 6.07) is 11.5. The van der Waals surface area contributed by atoms with E-state index in [1.807, 2.05) is 19.1 Å². The van der Waals surface area contributed by atoms with Crippen LogP contribution in [0.1, 0.15) is 11.1 Å². The Balaban J connectivity index is 2.04. The Morgan fingerprint density at radius 1 is 1.12 bits per heavy atom. The number of nitrogens with zero attached hydrogens (tertiary/aromatic N) is 1. The summed E-state index contributed by atoms with van der Waals surface area (Å²) in [7, 11) is -4.00. The number of hydrogen-bond acceptors (Lipinski definition) is 5. The number of nitro groups is 1. The summed E-state index contributed by atoms with van der Waals surface area (Å²) in [5.41, 5.74) is 0.966. The second-order valence-corrected chi connectivity index (χ2v) is 6.94. The van der Waals surface area contributed by atoms with Gasteiger partial charge in [0.25, 0.3) is 5.69 Å². The van der Waals surface area contributed by atoms with E-state index < -0.39 is 20.6 Å². The summed E-state index contributed by atoms with van der Waals surface area (Å²) in [6.45, 7) is 3.58. The van der Waals surface area contributed by atoms with Gasteiger partial charge in [0.1, 0.15) is 12.4 Å². The molecule has 0 amide bonds. The molecule has 7 nitrogen and oxygen atoms in total. The molecule has 0 aliphatic heterocycles. The van der Waals surface area contributed by atoms with Gasteiger partial charge in [-0.2, -0.15) is 0 Å². The van der Waals surface area contributed by atoms with E-state index in [1.165, 1.54) is 25.1 Å². The molecule has 2 aromatic rings. The highest BCUT2D eigenvalue weighted by atomic mass is 32.2. The lowest BCUT2D eigenvalue weighted by molar-refractivity contribution is -0.387. The van der Waals surface area contributed by atoms with Gasteiger partial charge in [-0.3, -0.25) is 10.1 Å². The van der Waals surface area contributed by atoms with Crippen molar-refractivity contribution in [3.05, 3.63) is 63.7 Å². The standard InChI is InChI=1S/C16H18N2O5S/c1-12-6-8-14(9-7-12)23-11-10-17-24(21,22)16-13(2)4-3-5-15(16)18(19)20/h3-9,17H,10-11H2,1-2H3. The van der Waals surface area contributed by atoms with Gasteiger partial charge in [0.15, 0.2) is 4.90 Å². The van der Waals surface area contributed by atoms with Crippen molar-refractivity contribution in [3.63, 3.8) is 0 Å². The first kappa shape index (κ1) is 17.9. The van der Waals surface area contributed by atoms with Gasteiger partial charge < -0.3 is 4.74 Å². The van der Waals surface area contributed by atoms with Gasteiger partial charge in [-0.25, -0.2) is 13.1 Å². The molecule has 0 aliphatic rings. The molecule has 2 rings (SSSR count). The summed E-state index contributed by atoms with van der Waals surface area (Å²) in [5.74, 6) is 0.627. The molecule has 0 atom stereocenters. The normalized spacial score (nSPS) is 11.2. The number of rotatable bonds is 7. The summed E-state index contributed by atoms with van der Waals surface area (Å²) in [4.78, 5) is 10.0. The third-order valence-electron chi connectivity index (χ3n) is 3.34. The molecule has 0 heterocycles. The molecule has 24 heavy (non-hydrogen) atoms. The molecule has 0 aliphatic carbocycles. The lowest BCUT2D eigenvalue weighted by Crippen LogP contribution is -2.29. The molecule has 8 heteroatoms. The van der Waals surface area contributed by atoms with Crippen LogP contribution in [-0.2, 0) is 10.0 Å². The summed E-state index contributed by atoms with van der Waals surface area (Å²) in [6.07, 6.45) is 0. The van der Waals surface area contributed by atoms with E-state index in [4.69, 9.17) is 4.74 Å². The Bertz CT molecular complexity index is 832. The number of nitro benzene ring substituents is 1. The predicted molar refractivity (Wildman–Crippen MR) is 89.7 cm³/mol. The molecular formula is C16H18N2O5S. The lowest BCUT2D eigenvalue weighted by atomic mass is 10.2. The second-order valence-electron chi connectivity index (χ2n) is 5.24. The van der Waals surface area contributed by atoms with Crippen LogP contribution in [0.25, 0.3) is 0 Å². The molecular weight excluding hydrogens is 332 g/mol. The maximum atomic E-state index is 12.4. The van der Waals surface area contributed by atoms with Crippen LogP contribution in [0.5, 0.6) is 5.75 Å². The number of nitrogens with one attached hydrogen (secondary N) is 1. The molecule has 0 bridgehead atoms. The Morgan fingerprint density at radius 2 is 1.79 bits per heavy atom. The van der Waals surface area contributed by atoms with Crippen molar-refractivity contribution in [3.8, 4) is 5.75 Å². The molecule has 0 spiro atoms. The van der Waals surface area contributed by atoms with Gasteiger partial charge in [-0.15, -0.1) is 0 Å². The fourth-order valence-corrected chi connectivity index (χ4v) is 3.59. The molecule has 0 unspecified atom stereocenters. The van der Waals surface area contributed by atoms with E-state index >= 15 is 0 Å². The van der Waals surface area contributed by atoms with Gasteiger partial charge in [-0.1, -0.05) is 29.8 Å². The summed E-state index contributed by atoms with van der Waals surface area (Å²) >= 11 is 0. The topological polar surface area (TPSA) is 98.5 Å². The zero-order valence-corrected chi connectivity index (χ0v) is 14.2. The Morgan fingerprint density at radius 3 is 2.42 bits per heavy atom. The van der Waals surface area contributed by atoms with Crippen LogP contribution in [0.2, 0.25) is 0 Å². The van der Waals surface area contributed by atoms with E-state index in [9.17, 15) is 18.5 Å². The fourth-order valence-electron chi connectivity index (χ4n) is 2.18. The molecule has 0 saturated heterocycles. The molecule has 128 valence electrons. The van der Waals surface area contributed by atoms with Gasteiger partial charge >= 0.3 is 0 Å². The highest BCUT2D eigenvalue weighted by Crippen LogP contribution is 2.26. The molecule has 0 radical (unpaired) electrons. The molecule has 1 N–H and O–H groups in total. The SMILES string of the molecule is Cc1ccc(OCCNS(=O)(=O)c2c(C)cccc2[N+](=O)[O-])cc1. The molecule has 0 saturated carbocycles. The highest BCUT2D eigenvalue weighted by molar-refractivity contribution is 7.89. The average Bonchev–Trinajstić information content (AvgIpc) is 2.52. The number of sulfonamides is 1. The van der Waals surface area contributed by atoms with E-state index in [1.54, 1.807) is 12.1 Å². The number of aryl methyl sites for hydroxylation is 2. The maximum absolute atomic E-state index is 12.4. The average molecular weight is 350 g/mol. The largest absolute Gasteiger partial charge is 0.492 e. The van der Waals surface area contributed by atoms with Crippen LogP contribution >= 0.6 is 0 Å². The number of hydrogen-bond donors (Lipinski definition) is 1. The van der Waals surface area contributed by atoms with E-state index in [2.05, 4.69) is 4.72 Å². The van der Waals surface area contributed by atoms with Crippen LogP contribution in [0.3, 0.4) is 0 Å². The molecule has 0 aromatic heterocycles. The van der Waals surface area contributed by atoms with Gasteiger partial charge in [-0.05, 0) is 31.5 Å². The fraction of sp³-hybridized carbons (Fsp3) is 0.250. The van der Waals surface area contributed by atoms with E-state index in [-0.39, 0.29) is 18.0 Å². The van der Waals surface area contributed by atoms with Crippen LogP contribution in [0.15, 0.2) is 47.4 Å². The zero-order valence-electron chi connectivity index (χ0n) is 13.4. The van der Waals surface area contributed by atoms with Crippen molar-refractivity contribution in [2.24, 2.45) is 0 Å².